The molecule has 4 aromatic rings. The highest BCUT2D eigenvalue weighted by molar-refractivity contribution is 7.17. The number of amides is 2. The first-order valence-electron chi connectivity index (χ1n) is 14.5. The number of carbonyl (C=O) groups is 2. The third-order valence-corrected chi connectivity index (χ3v) is 9.21. The zero-order valence-electron chi connectivity index (χ0n) is 25.9. The van der Waals surface area contributed by atoms with Gasteiger partial charge in [0, 0.05) is 56.0 Å². The number of anilines is 2. The lowest BCUT2D eigenvalue weighted by Gasteiger charge is -2.27. The third-order valence-electron chi connectivity index (χ3n) is 8.33. The number of hydrogen-bond donors (Lipinski definition) is 0. The molecule has 1 aliphatic heterocycles. The van der Waals surface area contributed by atoms with Gasteiger partial charge in [-0.25, -0.2) is 0 Å². The Morgan fingerprint density at radius 3 is 2.48 bits per heavy atom. The second-order valence-corrected chi connectivity index (χ2v) is 12.4. The van der Waals surface area contributed by atoms with Crippen LogP contribution in [0.1, 0.15) is 44.0 Å². The molecule has 0 radical (unpaired) electrons. The van der Waals surface area contributed by atoms with E-state index in [4.69, 9.17) is 0 Å². The number of fused-ring (bicyclic) bond motifs is 2. The number of aromatic nitrogens is 2. The minimum Gasteiger partial charge on any atom is -0.314 e. The van der Waals surface area contributed by atoms with Crippen LogP contribution in [0.25, 0.3) is 10.1 Å². The summed E-state index contributed by atoms with van der Waals surface area (Å²) >= 11 is 1.59. The Morgan fingerprint density at radius 1 is 0.977 bits per heavy atom. The van der Waals surface area contributed by atoms with Crippen LogP contribution in [0.3, 0.4) is 0 Å². The van der Waals surface area contributed by atoms with Gasteiger partial charge >= 0.3 is 0 Å². The molecule has 4 heterocycles. The predicted octanol–water partition coefficient (Wildman–Crippen LogP) is 6.10. The zero-order valence-corrected chi connectivity index (χ0v) is 28.4. The van der Waals surface area contributed by atoms with Gasteiger partial charge in [-0.05, 0) is 93.9 Å². The Hall–Kier alpha value is -3.24. The van der Waals surface area contributed by atoms with E-state index in [1.807, 2.05) is 55.9 Å². The molecule has 5 rings (SSSR count). The SMILES string of the molecule is CCN1C(=O)C(C)(C)C(=O)N(C)c2cc(CCCN(CCn3ccc4sccc4c3=O)Cc3cccnc3C)ccc21.Cl.Cl. The summed E-state index contributed by atoms with van der Waals surface area (Å²) in [6.45, 7) is 10.8. The second kappa shape index (κ2) is 14.7. The molecule has 1 aromatic carbocycles. The molecule has 236 valence electrons. The summed E-state index contributed by atoms with van der Waals surface area (Å²) in [6, 6.07) is 14.1. The van der Waals surface area contributed by atoms with Crippen LogP contribution in [-0.4, -0.2) is 52.9 Å². The molecule has 0 fully saturated rings. The number of pyridine rings is 2. The van der Waals surface area contributed by atoms with Gasteiger partial charge in [0.15, 0.2) is 0 Å². The van der Waals surface area contributed by atoms with Gasteiger partial charge in [0.1, 0.15) is 5.41 Å². The lowest BCUT2D eigenvalue weighted by atomic mass is 9.90. The van der Waals surface area contributed by atoms with Gasteiger partial charge in [-0.2, -0.15) is 0 Å². The van der Waals surface area contributed by atoms with Crippen LogP contribution in [0.2, 0.25) is 0 Å². The molecule has 44 heavy (non-hydrogen) atoms. The molecule has 11 heteroatoms. The number of benzene rings is 1. The molecule has 2 amide bonds. The van der Waals surface area contributed by atoms with Crippen LogP contribution < -0.4 is 15.4 Å². The van der Waals surface area contributed by atoms with Crippen molar-refractivity contribution in [2.24, 2.45) is 5.41 Å². The number of rotatable bonds is 10. The quantitative estimate of drug-likeness (QED) is 0.193. The van der Waals surface area contributed by atoms with E-state index in [9.17, 15) is 14.4 Å². The molecule has 0 aliphatic carbocycles. The van der Waals surface area contributed by atoms with Crippen molar-refractivity contribution in [1.82, 2.24) is 14.5 Å². The lowest BCUT2D eigenvalue weighted by molar-refractivity contribution is -0.137. The third kappa shape index (κ3) is 7.01. The van der Waals surface area contributed by atoms with Crippen molar-refractivity contribution in [2.75, 3.05) is 36.5 Å². The molecule has 0 bridgehead atoms. The number of nitrogens with zero attached hydrogens (tertiary/aromatic N) is 5. The maximum atomic E-state index is 13.2. The summed E-state index contributed by atoms with van der Waals surface area (Å²) in [6.07, 6.45) is 5.43. The zero-order chi connectivity index (χ0) is 30.0. The van der Waals surface area contributed by atoms with Crippen molar-refractivity contribution in [1.29, 1.82) is 0 Å². The molecule has 0 atom stereocenters. The molecular weight excluding hydrogens is 617 g/mol. The Labute approximate surface area is 275 Å². The van der Waals surface area contributed by atoms with Gasteiger partial charge in [-0.15, -0.1) is 36.2 Å². The van der Waals surface area contributed by atoms with E-state index in [1.54, 1.807) is 46.6 Å². The van der Waals surface area contributed by atoms with Crippen molar-refractivity contribution in [2.45, 2.75) is 53.6 Å². The fourth-order valence-corrected chi connectivity index (χ4v) is 6.51. The van der Waals surface area contributed by atoms with Crippen LogP contribution in [0.4, 0.5) is 11.4 Å². The van der Waals surface area contributed by atoms with E-state index < -0.39 is 5.41 Å². The van der Waals surface area contributed by atoms with Gasteiger partial charge in [0.05, 0.1) is 16.8 Å². The average molecular weight is 659 g/mol. The largest absolute Gasteiger partial charge is 0.314 e. The summed E-state index contributed by atoms with van der Waals surface area (Å²) in [7, 11) is 1.76. The Kier molecular flexibility index (Phi) is 11.8. The smallest absolute Gasteiger partial charge is 0.259 e. The summed E-state index contributed by atoms with van der Waals surface area (Å²) in [5, 5.41) is 2.73. The first-order chi connectivity index (χ1) is 20.1. The van der Waals surface area contributed by atoms with Gasteiger partial charge in [0.25, 0.3) is 5.56 Å². The highest BCUT2D eigenvalue weighted by atomic mass is 35.5. The van der Waals surface area contributed by atoms with E-state index in [-0.39, 0.29) is 42.2 Å². The first-order valence-corrected chi connectivity index (χ1v) is 15.4. The molecule has 0 N–H and O–H groups in total. The highest BCUT2D eigenvalue weighted by Crippen LogP contribution is 2.39. The van der Waals surface area contributed by atoms with Gasteiger partial charge in [-0.1, -0.05) is 12.1 Å². The van der Waals surface area contributed by atoms with E-state index in [0.717, 1.165) is 65.2 Å². The van der Waals surface area contributed by atoms with Gasteiger partial charge in [-0.3, -0.25) is 24.3 Å². The fourth-order valence-electron chi connectivity index (χ4n) is 5.74. The maximum Gasteiger partial charge on any atom is 0.259 e. The Morgan fingerprint density at radius 2 is 1.75 bits per heavy atom. The van der Waals surface area contributed by atoms with Crippen molar-refractivity contribution >= 4 is 69.4 Å². The first kappa shape index (κ1) is 35.2. The topological polar surface area (TPSA) is 78.8 Å². The number of aryl methyl sites for hydroxylation is 2. The normalized spacial score (nSPS) is 14.3. The minimum absolute atomic E-state index is 0. The van der Waals surface area contributed by atoms with Crippen LogP contribution in [0, 0.1) is 12.3 Å². The van der Waals surface area contributed by atoms with E-state index in [2.05, 4.69) is 28.1 Å². The van der Waals surface area contributed by atoms with Crippen LogP contribution in [-0.2, 0) is 29.1 Å². The molecular formula is C33H41Cl2N5O3S. The second-order valence-electron chi connectivity index (χ2n) is 11.5. The highest BCUT2D eigenvalue weighted by Gasteiger charge is 2.45. The molecule has 3 aromatic heterocycles. The summed E-state index contributed by atoms with van der Waals surface area (Å²) < 4.78 is 2.82. The van der Waals surface area contributed by atoms with Crippen molar-refractivity contribution < 1.29 is 9.59 Å². The average Bonchev–Trinajstić information content (AvgIpc) is 3.46. The number of halogens is 2. The fraction of sp³-hybridized carbons (Fsp3) is 0.394. The predicted molar refractivity (Wildman–Crippen MR) is 185 cm³/mol. The summed E-state index contributed by atoms with van der Waals surface area (Å²) in [4.78, 5) is 49.6. The van der Waals surface area contributed by atoms with Crippen molar-refractivity contribution in [3.63, 3.8) is 0 Å². The summed E-state index contributed by atoms with van der Waals surface area (Å²) in [5.74, 6) is -0.373. The van der Waals surface area contributed by atoms with Crippen LogP contribution >= 0.6 is 36.2 Å². The van der Waals surface area contributed by atoms with E-state index in [0.29, 0.717) is 13.1 Å². The number of carbonyl (C=O) groups excluding carboxylic acids is 2. The monoisotopic (exact) mass is 657 g/mol. The molecule has 0 spiro atoms. The van der Waals surface area contributed by atoms with E-state index >= 15 is 0 Å². The Balaban J connectivity index is 0.00000264. The van der Waals surface area contributed by atoms with Crippen molar-refractivity contribution in [3.8, 4) is 0 Å². The summed E-state index contributed by atoms with van der Waals surface area (Å²) in [5.41, 5.74) is 3.78. The molecule has 1 aliphatic rings. The van der Waals surface area contributed by atoms with Crippen molar-refractivity contribution in [3.05, 3.63) is 87.4 Å². The van der Waals surface area contributed by atoms with Crippen LogP contribution in [0.5, 0.6) is 0 Å². The lowest BCUT2D eigenvalue weighted by Crippen LogP contribution is -2.47. The van der Waals surface area contributed by atoms with Gasteiger partial charge < -0.3 is 14.4 Å². The number of thiophene rings is 1. The maximum absolute atomic E-state index is 13.2. The van der Waals surface area contributed by atoms with E-state index in [1.165, 1.54) is 5.56 Å². The molecule has 8 nitrogen and oxygen atoms in total. The Bertz CT molecular complexity index is 1690. The number of hydrogen-bond acceptors (Lipinski definition) is 6. The van der Waals surface area contributed by atoms with Crippen LogP contribution in [0.15, 0.2) is 65.0 Å². The minimum atomic E-state index is -1.12. The molecule has 0 saturated carbocycles. The standard InChI is InChI=1S/C33H39N5O3S.2ClH/c1-6-38-27-12-11-24(21-28(27)35(5)31(40)33(3,4)32(38)41)9-8-16-36(22-25-10-7-15-34-23(25)2)18-19-37-17-13-29-26(30(37)39)14-20-42-29;;/h7,10-15,17,20-21H,6,8-9,16,18-19,22H2,1-5H3;2*1H. The van der Waals surface area contributed by atoms with Gasteiger partial charge in [0.2, 0.25) is 11.8 Å². The molecule has 0 saturated heterocycles. The molecule has 0 unspecified atom stereocenters.